The van der Waals surface area contributed by atoms with E-state index in [1.165, 1.54) is 4.68 Å². The number of carbonyl (C=O) groups is 1. The van der Waals surface area contributed by atoms with Crippen molar-refractivity contribution in [3.05, 3.63) is 65.1 Å². The Morgan fingerprint density at radius 2 is 2.04 bits per heavy atom. The second kappa shape index (κ2) is 6.66. The standard InChI is InChI=1S/C17H15N3O2S/c1-23-14-7-4-6-13(9-14)19-16(21)11-20-17(22)15-8-3-2-5-12(15)10-18-20/h2-10H,11H2,1H3,(H,19,21). The van der Waals surface area contributed by atoms with Crippen molar-refractivity contribution in [1.82, 2.24) is 9.78 Å². The van der Waals surface area contributed by atoms with Crippen LogP contribution in [-0.2, 0) is 11.3 Å². The molecule has 1 heterocycles. The molecule has 0 atom stereocenters. The minimum atomic E-state index is -0.284. The molecular weight excluding hydrogens is 310 g/mol. The molecule has 0 fully saturated rings. The van der Waals surface area contributed by atoms with Gasteiger partial charge in [0.05, 0.1) is 11.6 Å². The molecule has 1 N–H and O–H groups in total. The third-order valence-electron chi connectivity index (χ3n) is 3.41. The Kier molecular flexibility index (Phi) is 4.43. The number of aromatic nitrogens is 2. The topological polar surface area (TPSA) is 64.0 Å². The second-order valence-electron chi connectivity index (χ2n) is 4.97. The van der Waals surface area contributed by atoms with Crippen molar-refractivity contribution in [2.24, 2.45) is 0 Å². The summed E-state index contributed by atoms with van der Waals surface area (Å²) in [5.74, 6) is -0.284. The number of hydrogen-bond acceptors (Lipinski definition) is 4. The van der Waals surface area contributed by atoms with Gasteiger partial charge in [-0.3, -0.25) is 9.59 Å². The van der Waals surface area contributed by atoms with Gasteiger partial charge in [-0.2, -0.15) is 5.10 Å². The fourth-order valence-corrected chi connectivity index (χ4v) is 2.74. The highest BCUT2D eigenvalue weighted by Gasteiger charge is 2.09. The van der Waals surface area contributed by atoms with Crippen molar-refractivity contribution < 1.29 is 4.79 Å². The van der Waals surface area contributed by atoms with Gasteiger partial charge in [-0.25, -0.2) is 4.68 Å². The first-order valence-corrected chi connectivity index (χ1v) is 8.28. The number of benzene rings is 2. The Morgan fingerprint density at radius 3 is 2.87 bits per heavy atom. The Bertz CT molecular complexity index is 921. The van der Waals surface area contributed by atoms with E-state index >= 15 is 0 Å². The van der Waals surface area contributed by atoms with Crippen LogP contribution in [-0.4, -0.2) is 21.9 Å². The van der Waals surface area contributed by atoms with Crippen molar-refractivity contribution in [1.29, 1.82) is 0 Å². The first kappa shape index (κ1) is 15.3. The summed E-state index contributed by atoms with van der Waals surface area (Å²) in [7, 11) is 0. The van der Waals surface area contributed by atoms with Crippen LogP contribution in [0.25, 0.3) is 10.8 Å². The van der Waals surface area contributed by atoms with Gasteiger partial charge in [0, 0.05) is 16.0 Å². The maximum absolute atomic E-state index is 12.3. The highest BCUT2D eigenvalue weighted by Crippen LogP contribution is 2.18. The molecule has 116 valence electrons. The van der Waals surface area contributed by atoms with Crippen molar-refractivity contribution in [2.45, 2.75) is 11.4 Å². The zero-order valence-electron chi connectivity index (χ0n) is 12.5. The summed E-state index contributed by atoms with van der Waals surface area (Å²) >= 11 is 1.60. The molecule has 0 aliphatic rings. The van der Waals surface area contributed by atoms with Gasteiger partial charge in [-0.15, -0.1) is 11.8 Å². The van der Waals surface area contributed by atoms with Crippen molar-refractivity contribution in [3.63, 3.8) is 0 Å². The van der Waals surface area contributed by atoms with Gasteiger partial charge in [0.1, 0.15) is 6.54 Å². The van der Waals surface area contributed by atoms with E-state index in [1.807, 2.05) is 42.7 Å². The van der Waals surface area contributed by atoms with E-state index in [0.717, 1.165) is 10.3 Å². The van der Waals surface area contributed by atoms with Gasteiger partial charge in [0.25, 0.3) is 5.56 Å². The summed E-state index contributed by atoms with van der Waals surface area (Å²) in [6.07, 6.45) is 3.57. The van der Waals surface area contributed by atoms with E-state index in [2.05, 4.69) is 10.4 Å². The average molecular weight is 325 g/mol. The molecule has 6 heteroatoms. The molecule has 2 aromatic carbocycles. The Hall–Kier alpha value is -2.60. The van der Waals surface area contributed by atoms with Crippen molar-refractivity contribution in [2.75, 3.05) is 11.6 Å². The first-order chi connectivity index (χ1) is 11.2. The molecule has 1 amide bonds. The van der Waals surface area contributed by atoms with Crippen LogP contribution in [0.3, 0.4) is 0 Å². The van der Waals surface area contributed by atoms with Crippen molar-refractivity contribution >= 4 is 34.1 Å². The molecule has 0 spiro atoms. The van der Waals surface area contributed by atoms with E-state index < -0.39 is 0 Å². The Labute approximate surface area is 137 Å². The monoisotopic (exact) mass is 325 g/mol. The van der Waals surface area contributed by atoms with Crippen LogP contribution in [0.5, 0.6) is 0 Å². The fourth-order valence-electron chi connectivity index (χ4n) is 2.28. The molecule has 1 aromatic heterocycles. The number of nitrogens with one attached hydrogen (secondary N) is 1. The quantitative estimate of drug-likeness (QED) is 0.749. The largest absolute Gasteiger partial charge is 0.324 e. The van der Waals surface area contributed by atoms with Gasteiger partial charge in [0.15, 0.2) is 0 Å². The summed E-state index contributed by atoms with van der Waals surface area (Å²) in [4.78, 5) is 25.5. The molecule has 3 rings (SSSR count). The second-order valence-corrected chi connectivity index (χ2v) is 5.85. The number of rotatable bonds is 4. The first-order valence-electron chi connectivity index (χ1n) is 7.06. The van der Waals surface area contributed by atoms with E-state index in [4.69, 9.17) is 0 Å². The summed E-state index contributed by atoms with van der Waals surface area (Å²) in [5.41, 5.74) is 0.437. The predicted molar refractivity (Wildman–Crippen MR) is 92.9 cm³/mol. The van der Waals surface area contributed by atoms with Crippen LogP contribution in [0.4, 0.5) is 5.69 Å². The fraction of sp³-hybridized carbons (Fsp3) is 0.118. The number of carbonyl (C=O) groups excluding carboxylic acids is 1. The molecule has 0 saturated carbocycles. The van der Waals surface area contributed by atoms with E-state index in [0.29, 0.717) is 11.1 Å². The molecular formula is C17H15N3O2S. The van der Waals surface area contributed by atoms with Crippen LogP contribution in [0.15, 0.2) is 64.4 Å². The van der Waals surface area contributed by atoms with Crippen LogP contribution < -0.4 is 10.9 Å². The highest BCUT2D eigenvalue weighted by atomic mass is 32.2. The lowest BCUT2D eigenvalue weighted by atomic mass is 10.2. The lowest BCUT2D eigenvalue weighted by Crippen LogP contribution is -2.29. The molecule has 0 aliphatic heterocycles. The van der Waals surface area contributed by atoms with Crippen molar-refractivity contribution in [3.8, 4) is 0 Å². The van der Waals surface area contributed by atoms with E-state index in [1.54, 1.807) is 30.1 Å². The zero-order valence-corrected chi connectivity index (χ0v) is 13.3. The van der Waals surface area contributed by atoms with Gasteiger partial charge < -0.3 is 5.32 Å². The third kappa shape index (κ3) is 3.43. The Morgan fingerprint density at radius 1 is 1.22 bits per heavy atom. The SMILES string of the molecule is CSc1cccc(NC(=O)Cn2ncc3ccccc3c2=O)c1. The van der Waals surface area contributed by atoms with E-state index in [-0.39, 0.29) is 18.0 Å². The highest BCUT2D eigenvalue weighted by molar-refractivity contribution is 7.98. The molecule has 0 aliphatic carbocycles. The molecule has 23 heavy (non-hydrogen) atoms. The lowest BCUT2D eigenvalue weighted by Gasteiger charge is -2.08. The number of hydrogen-bond donors (Lipinski definition) is 1. The molecule has 3 aromatic rings. The predicted octanol–water partition coefficient (Wildman–Crippen LogP) is 2.76. The van der Waals surface area contributed by atoms with Gasteiger partial charge >= 0.3 is 0 Å². The van der Waals surface area contributed by atoms with E-state index in [9.17, 15) is 9.59 Å². The summed E-state index contributed by atoms with van der Waals surface area (Å²) in [6, 6.07) is 14.7. The maximum Gasteiger partial charge on any atom is 0.275 e. The minimum Gasteiger partial charge on any atom is -0.324 e. The molecule has 0 bridgehead atoms. The number of anilines is 1. The summed E-state index contributed by atoms with van der Waals surface area (Å²) in [6.45, 7) is -0.118. The van der Waals surface area contributed by atoms with Gasteiger partial charge in [0.2, 0.25) is 5.91 Å². The lowest BCUT2D eigenvalue weighted by molar-refractivity contribution is -0.117. The van der Waals surface area contributed by atoms with Crippen LogP contribution in [0.1, 0.15) is 0 Å². The molecule has 0 saturated heterocycles. The molecule has 0 radical (unpaired) electrons. The maximum atomic E-state index is 12.3. The zero-order chi connectivity index (χ0) is 16.2. The van der Waals surface area contributed by atoms with Crippen LogP contribution in [0.2, 0.25) is 0 Å². The van der Waals surface area contributed by atoms with Crippen LogP contribution >= 0.6 is 11.8 Å². The minimum absolute atomic E-state index is 0.118. The number of amides is 1. The van der Waals surface area contributed by atoms with Gasteiger partial charge in [-0.1, -0.05) is 24.3 Å². The normalized spacial score (nSPS) is 10.7. The average Bonchev–Trinajstić information content (AvgIpc) is 2.58. The van der Waals surface area contributed by atoms with Crippen LogP contribution in [0, 0.1) is 0 Å². The number of nitrogens with zero attached hydrogens (tertiary/aromatic N) is 2. The Balaban J connectivity index is 1.80. The van der Waals surface area contributed by atoms with Gasteiger partial charge in [-0.05, 0) is 30.5 Å². The smallest absolute Gasteiger partial charge is 0.275 e. The molecule has 0 unspecified atom stereocenters. The summed E-state index contributed by atoms with van der Waals surface area (Å²) in [5, 5.41) is 8.17. The number of fused-ring (bicyclic) bond motifs is 1. The third-order valence-corrected chi connectivity index (χ3v) is 4.13. The number of thioether (sulfide) groups is 1. The summed E-state index contributed by atoms with van der Waals surface area (Å²) < 4.78 is 1.18. The molecule has 5 nitrogen and oxygen atoms in total.